The summed E-state index contributed by atoms with van der Waals surface area (Å²) in [6.45, 7) is 0. The molecule has 45 heavy (non-hydrogen) atoms. The molecular formula is C41H33NO3. The third-order valence-corrected chi connectivity index (χ3v) is 8.25. The summed E-state index contributed by atoms with van der Waals surface area (Å²) in [6, 6.07) is 51.3. The van der Waals surface area contributed by atoms with Gasteiger partial charge in [-0.3, -0.25) is 19.0 Å². The Morgan fingerprint density at radius 1 is 0.400 bits per heavy atom. The Morgan fingerprint density at radius 2 is 0.711 bits per heavy atom. The molecule has 0 radical (unpaired) electrons. The number of aromatic nitrogens is 1. The van der Waals surface area contributed by atoms with Crippen molar-refractivity contribution in [2.75, 3.05) is 0 Å². The highest BCUT2D eigenvalue weighted by molar-refractivity contribution is 5.99. The van der Waals surface area contributed by atoms with E-state index in [-0.39, 0.29) is 30.3 Å². The molecule has 1 heterocycles. The molecule has 1 aromatic heterocycles. The molecule has 4 nitrogen and oxygen atoms in total. The number of benzene rings is 5. The third kappa shape index (κ3) is 6.66. The van der Waals surface area contributed by atoms with Crippen molar-refractivity contribution in [1.82, 2.24) is 4.57 Å². The molecule has 2 unspecified atom stereocenters. The van der Waals surface area contributed by atoms with Gasteiger partial charge in [-0.15, -0.1) is 0 Å². The zero-order valence-corrected chi connectivity index (χ0v) is 24.8. The van der Waals surface area contributed by atoms with Crippen molar-refractivity contribution < 1.29 is 14.4 Å². The van der Waals surface area contributed by atoms with Crippen LogP contribution >= 0.6 is 0 Å². The molecule has 0 bridgehead atoms. The Bertz CT molecular complexity index is 1770. The molecule has 6 aromatic rings. The van der Waals surface area contributed by atoms with Gasteiger partial charge in [0.2, 0.25) is 0 Å². The summed E-state index contributed by atoms with van der Waals surface area (Å²) in [4.78, 5) is 41.9. The van der Waals surface area contributed by atoms with Crippen LogP contribution in [0.5, 0.6) is 0 Å². The number of carbonyl (C=O) groups is 3. The fraction of sp³-hybridized carbons (Fsp3) is 0.0976. The first-order valence-corrected chi connectivity index (χ1v) is 15.2. The fourth-order valence-electron chi connectivity index (χ4n) is 5.97. The highest BCUT2D eigenvalue weighted by atomic mass is 16.2. The van der Waals surface area contributed by atoms with Crippen LogP contribution in [-0.2, 0) is 0 Å². The lowest BCUT2D eigenvalue weighted by Gasteiger charge is -2.24. The van der Waals surface area contributed by atoms with E-state index in [2.05, 4.69) is 0 Å². The molecule has 0 N–H and O–H groups in total. The molecule has 0 spiro atoms. The van der Waals surface area contributed by atoms with E-state index in [4.69, 9.17) is 0 Å². The van der Waals surface area contributed by atoms with E-state index in [0.29, 0.717) is 28.1 Å². The maximum Gasteiger partial charge on any atom is 0.262 e. The van der Waals surface area contributed by atoms with Crippen LogP contribution in [0, 0.1) is 0 Å². The van der Waals surface area contributed by atoms with Crippen molar-refractivity contribution in [3.63, 3.8) is 0 Å². The lowest BCUT2D eigenvalue weighted by atomic mass is 9.88. The SMILES string of the molecule is O=C(CC(c1ccccc1)c1ccc(C(CC(=O)c2ccccc2)c2ccccc2)n1C(=O)c1ccccc1)c1ccccc1. The average molecular weight is 588 g/mol. The number of ketones is 2. The van der Waals surface area contributed by atoms with Crippen molar-refractivity contribution in [3.8, 4) is 0 Å². The van der Waals surface area contributed by atoms with Crippen molar-refractivity contribution in [1.29, 1.82) is 0 Å². The normalized spacial score (nSPS) is 12.3. The molecule has 0 aliphatic rings. The Morgan fingerprint density at radius 3 is 1.07 bits per heavy atom. The summed E-state index contributed by atoms with van der Waals surface area (Å²) in [6.07, 6.45) is 0.358. The van der Waals surface area contributed by atoms with Gasteiger partial charge in [0.1, 0.15) is 0 Å². The van der Waals surface area contributed by atoms with Crippen molar-refractivity contribution in [2.45, 2.75) is 24.7 Å². The second-order valence-electron chi connectivity index (χ2n) is 11.1. The van der Waals surface area contributed by atoms with Crippen molar-refractivity contribution in [2.24, 2.45) is 0 Å². The molecule has 0 amide bonds. The van der Waals surface area contributed by atoms with E-state index in [0.717, 1.165) is 11.1 Å². The predicted molar refractivity (Wildman–Crippen MR) is 178 cm³/mol. The minimum absolute atomic E-state index is 0.00946. The summed E-state index contributed by atoms with van der Waals surface area (Å²) in [5, 5.41) is 0. The van der Waals surface area contributed by atoms with Crippen molar-refractivity contribution in [3.05, 3.63) is 203 Å². The topological polar surface area (TPSA) is 56.1 Å². The van der Waals surface area contributed by atoms with Crippen LogP contribution in [0.15, 0.2) is 164 Å². The number of carbonyl (C=O) groups excluding carboxylic acids is 3. The van der Waals surface area contributed by atoms with Crippen molar-refractivity contribution >= 4 is 17.5 Å². The van der Waals surface area contributed by atoms with Gasteiger partial charge in [0.25, 0.3) is 5.91 Å². The molecule has 5 aromatic carbocycles. The number of nitrogens with zero attached hydrogens (tertiary/aromatic N) is 1. The lowest BCUT2D eigenvalue weighted by molar-refractivity contribution is 0.0934. The van der Waals surface area contributed by atoms with Gasteiger partial charge < -0.3 is 0 Å². The van der Waals surface area contributed by atoms with Crippen LogP contribution in [-0.4, -0.2) is 22.0 Å². The Hall–Kier alpha value is -5.61. The third-order valence-electron chi connectivity index (χ3n) is 8.25. The molecule has 0 aliphatic carbocycles. The smallest absolute Gasteiger partial charge is 0.262 e. The highest BCUT2D eigenvalue weighted by Crippen LogP contribution is 2.37. The van der Waals surface area contributed by atoms with E-state index in [1.807, 2.05) is 152 Å². The minimum atomic E-state index is -0.401. The number of hydrogen-bond acceptors (Lipinski definition) is 3. The van der Waals surface area contributed by atoms with Gasteiger partial charge in [-0.05, 0) is 35.4 Å². The second-order valence-corrected chi connectivity index (χ2v) is 11.1. The average Bonchev–Trinajstić information content (AvgIpc) is 3.55. The zero-order chi connectivity index (χ0) is 31.0. The first kappa shape index (κ1) is 29.5. The van der Waals surface area contributed by atoms with E-state index in [1.165, 1.54) is 0 Å². The first-order valence-electron chi connectivity index (χ1n) is 15.2. The molecule has 0 fully saturated rings. The Balaban J connectivity index is 1.52. The van der Waals surface area contributed by atoms with E-state index in [9.17, 15) is 14.4 Å². The van der Waals surface area contributed by atoms with E-state index >= 15 is 0 Å². The molecule has 220 valence electrons. The molecule has 0 saturated heterocycles. The summed E-state index contributed by atoms with van der Waals surface area (Å²) >= 11 is 0. The summed E-state index contributed by atoms with van der Waals surface area (Å²) < 4.78 is 1.75. The quantitative estimate of drug-likeness (QED) is 0.142. The summed E-state index contributed by atoms with van der Waals surface area (Å²) in [5.41, 5.74) is 5.07. The standard InChI is InChI=1S/C41H33NO3/c43-39(32-20-10-3-11-21-32)28-35(30-16-6-1-7-17-30)37-26-27-38(42(37)41(45)34-24-14-5-15-25-34)36(31-18-8-2-9-19-31)29-40(44)33-22-12-4-13-23-33/h1-27,35-36H,28-29H2. The van der Waals surface area contributed by atoms with Crippen LogP contribution in [0.4, 0.5) is 0 Å². The lowest BCUT2D eigenvalue weighted by Crippen LogP contribution is -2.23. The van der Waals surface area contributed by atoms with Gasteiger partial charge in [0.05, 0.1) is 0 Å². The zero-order valence-electron chi connectivity index (χ0n) is 24.8. The Kier molecular flexibility index (Phi) is 9.03. The maximum absolute atomic E-state index is 14.5. The summed E-state index contributed by atoms with van der Waals surface area (Å²) in [7, 11) is 0. The van der Waals surface area contributed by atoms with Gasteiger partial charge in [-0.2, -0.15) is 0 Å². The molecule has 2 atom stereocenters. The highest BCUT2D eigenvalue weighted by Gasteiger charge is 2.30. The molecular weight excluding hydrogens is 554 g/mol. The number of Topliss-reactive ketones (excluding diaryl/α,β-unsaturated/α-hetero) is 2. The molecule has 6 rings (SSSR count). The minimum Gasteiger partial charge on any atom is -0.294 e. The van der Waals surface area contributed by atoms with Gasteiger partial charge >= 0.3 is 0 Å². The molecule has 0 aliphatic heterocycles. The van der Waals surface area contributed by atoms with Crippen LogP contribution < -0.4 is 0 Å². The molecule has 0 saturated carbocycles. The molecule has 4 heteroatoms. The first-order chi connectivity index (χ1) is 22.1. The monoisotopic (exact) mass is 587 g/mol. The van der Waals surface area contributed by atoms with Crippen LogP contribution in [0.1, 0.15) is 78.3 Å². The van der Waals surface area contributed by atoms with Crippen LogP contribution in [0.25, 0.3) is 0 Å². The number of hydrogen-bond donors (Lipinski definition) is 0. The largest absolute Gasteiger partial charge is 0.294 e. The fourth-order valence-corrected chi connectivity index (χ4v) is 5.97. The summed E-state index contributed by atoms with van der Waals surface area (Å²) in [5.74, 6) is -1.02. The Labute approximate surface area is 263 Å². The van der Waals surface area contributed by atoms with Gasteiger partial charge in [-0.25, -0.2) is 0 Å². The van der Waals surface area contributed by atoms with Gasteiger partial charge in [0.15, 0.2) is 11.6 Å². The maximum atomic E-state index is 14.5. The van der Waals surface area contributed by atoms with E-state index < -0.39 is 11.8 Å². The van der Waals surface area contributed by atoms with Crippen LogP contribution in [0.2, 0.25) is 0 Å². The number of rotatable bonds is 11. The predicted octanol–water partition coefficient (Wildman–Crippen LogP) is 8.99. The van der Waals surface area contributed by atoms with Gasteiger partial charge in [0, 0.05) is 52.8 Å². The second kappa shape index (κ2) is 13.8. The van der Waals surface area contributed by atoms with Crippen LogP contribution in [0.3, 0.4) is 0 Å². The van der Waals surface area contributed by atoms with Gasteiger partial charge in [-0.1, -0.05) is 140 Å². The van der Waals surface area contributed by atoms with E-state index in [1.54, 1.807) is 16.7 Å².